The van der Waals surface area contributed by atoms with Crippen LogP contribution in [0, 0.1) is 34.5 Å². The minimum atomic E-state index is -1.41. The predicted octanol–water partition coefficient (Wildman–Crippen LogP) is 3.29. The lowest BCUT2D eigenvalue weighted by Crippen LogP contribution is -2.46. The summed E-state index contributed by atoms with van der Waals surface area (Å²) in [6.45, 7) is 13.2. The third-order valence-corrected chi connectivity index (χ3v) is 11.2. The highest BCUT2D eigenvalue weighted by molar-refractivity contribution is 7.09. The first-order valence-corrected chi connectivity index (χ1v) is 16.7. The summed E-state index contributed by atoms with van der Waals surface area (Å²) in [6, 6.07) is 0. The number of aliphatic hydroxyl groups is 4. The lowest BCUT2D eigenvalue weighted by molar-refractivity contribution is -0.144. The second-order valence-electron chi connectivity index (χ2n) is 14.3. The van der Waals surface area contributed by atoms with Crippen LogP contribution in [0.1, 0.15) is 84.3 Å². The van der Waals surface area contributed by atoms with Gasteiger partial charge in [-0.1, -0.05) is 46.6 Å². The highest BCUT2D eigenvalue weighted by Gasteiger charge is 2.60. The number of fused-ring (bicyclic) bond motifs is 1. The number of aromatic nitrogens is 1. The fourth-order valence-electron chi connectivity index (χ4n) is 6.68. The van der Waals surface area contributed by atoms with Crippen LogP contribution in [0.3, 0.4) is 0 Å². The zero-order valence-corrected chi connectivity index (χ0v) is 28.2. The summed E-state index contributed by atoms with van der Waals surface area (Å²) in [5, 5.41) is 50.8. The molecule has 1 heterocycles. The maximum absolute atomic E-state index is 13.5. The molecule has 2 aliphatic rings. The van der Waals surface area contributed by atoms with E-state index in [0.717, 1.165) is 42.2 Å². The van der Waals surface area contributed by atoms with Crippen molar-refractivity contribution in [3.63, 3.8) is 0 Å². The number of rotatable bonds is 7. The minimum Gasteiger partial charge on any atom is -0.392 e. The van der Waals surface area contributed by atoms with Gasteiger partial charge in [0.15, 0.2) is 5.78 Å². The van der Waals surface area contributed by atoms with Crippen LogP contribution in [0.5, 0.6) is 0 Å². The first kappa shape index (κ1) is 35.9. The molecule has 0 bridgehead atoms. The van der Waals surface area contributed by atoms with Crippen LogP contribution in [0.15, 0.2) is 11.0 Å². The van der Waals surface area contributed by atoms with Gasteiger partial charge in [-0.2, -0.15) is 0 Å². The number of hydrogen-bond acceptors (Lipinski definition) is 10. The number of thiazole rings is 1. The molecule has 0 radical (unpaired) electrons. The maximum atomic E-state index is 13.5. The summed E-state index contributed by atoms with van der Waals surface area (Å²) in [6.07, 6.45) is 0.0201. The Morgan fingerprint density at radius 3 is 2.49 bits per heavy atom. The summed E-state index contributed by atoms with van der Waals surface area (Å²) in [5.74, 6) is -2.36. The summed E-state index contributed by atoms with van der Waals surface area (Å²) in [7, 11) is 4.06. The minimum absolute atomic E-state index is 0.0924. The molecule has 1 aromatic rings. The lowest BCUT2D eigenvalue weighted by atomic mass is 9.71. The van der Waals surface area contributed by atoms with Crippen LogP contribution in [0.2, 0.25) is 0 Å². The van der Waals surface area contributed by atoms with Gasteiger partial charge in [0, 0.05) is 43.3 Å². The van der Waals surface area contributed by atoms with Gasteiger partial charge in [-0.05, 0) is 63.6 Å². The normalized spacial score (nSPS) is 36.5. The molecule has 3 rings (SSSR count). The molecule has 0 spiro atoms. The molecule has 43 heavy (non-hydrogen) atoms. The van der Waals surface area contributed by atoms with E-state index in [4.69, 9.17) is 4.98 Å². The van der Waals surface area contributed by atoms with Gasteiger partial charge in [0.05, 0.1) is 29.4 Å². The van der Waals surface area contributed by atoms with Crippen LogP contribution >= 0.6 is 11.3 Å². The third kappa shape index (κ3) is 8.60. The Morgan fingerprint density at radius 1 is 1.16 bits per heavy atom. The predicted molar refractivity (Wildman–Crippen MR) is 170 cm³/mol. The summed E-state index contributed by atoms with van der Waals surface area (Å²) < 4.78 is 0. The highest BCUT2D eigenvalue weighted by Crippen LogP contribution is 2.59. The summed E-state index contributed by atoms with van der Waals surface area (Å²) in [5.41, 5.74) is -0.0875. The standard InChI is InChI=1S/C33H55N3O6S/c1-19-10-9-11-33(6)24(31(33)42)15-23(20(2)14-22-18-43-27(35-22)17-34-12-13-36(7)8)29(40)25(37)16-26(38)32(4,5)30(41)21(3)28(19)39/h14,18-19,21,23-24,26,28-29,31,34,38-40,42H,9-13,15-17H2,1-8H3/b20-14+. The Hall–Kier alpha value is -1.53. The molecule has 0 amide bonds. The van der Waals surface area contributed by atoms with Gasteiger partial charge >= 0.3 is 0 Å². The molecular weight excluding hydrogens is 566 g/mol. The van der Waals surface area contributed by atoms with Gasteiger partial charge in [-0.25, -0.2) is 4.98 Å². The fraction of sp³-hybridized carbons (Fsp3) is 0.788. The van der Waals surface area contributed by atoms with Gasteiger partial charge in [0.1, 0.15) is 16.9 Å². The van der Waals surface area contributed by atoms with Crippen molar-refractivity contribution in [2.45, 2.75) is 105 Å². The van der Waals surface area contributed by atoms with Crippen molar-refractivity contribution >= 4 is 29.0 Å². The molecule has 10 heteroatoms. The number of hydrogen-bond donors (Lipinski definition) is 5. The van der Waals surface area contributed by atoms with E-state index in [9.17, 15) is 30.0 Å². The summed E-state index contributed by atoms with van der Waals surface area (Å²) >= 11 is 1.55. The number of carbonyl (C=O) groups is 2. The first-order valence-electron chi connectivity index (χ1n) is 15.8. The van der Waals surface area contributed by atoms with Crippen molar-refractivity contribution < 1.29 is 30.0 Å². The molecule has 2 fully saturated rings. The molecule has 2 saturated carbocycles. The Labute approximate surface area is 261 Å². The maximum Gasteiger partial charge on any atom is 0.164 e. The van der Waals surface area contributed by atoms with E-state index in [2.05, 4.69) is 10.2 Å². The van der Waals surface area contributed by atoms with E-state index in [1.807, 2.05) is 46.3 Å². The molecule has 9 unspecified atom stereocenters. The monoisotopic (exact) mass is 621 g/mol. The van der Waals surface area contributed by atoms with Crippen molar-refractivity contribution in [3.8, 4) is 0 Å². The molecule has 244 valence electrons. The second-order valence-corrected chi connectivity index (χ2v) is 15.2. The molecular formula is C33H55N3O6S. The average molecular weight is 622 g/mol. The number of ketones is 2. The van der Waals surface area contributed by atoms with Gasteiger partial charge < -0.3 is 30.6 Å². The molecule has 0 saturated heterocycles. The van der Waals surface area contributed by atoms with Crippen molar-refractivity contribution in [1.29, 1.82) is 0 Å². The van der Waals surface area contributed by atoms with Gasteiger partial charge in [-0.3, -0.25) is 9.59 Å². The number of aliphatic hydroxyl groups excluding tert-OH is 4. The Balaban J connectivity index is 1.87. The van der Waals surface area contributed by atoms with E-state index in [0.29, 0.717) is 19.4 Å². The van der Waals surface area contributed by atoms with Crippen LogP contribution in [-0.4, -0.2) is 93.5 Å². The van der Waals surface area contributed by atoms with Crippen LogP contribution in [0.25, 0.3) is 6.08 Å². The van der Waals surface area contributed by atoms with E-state index >= 15 is 0 Å². The van der Waals surface area contributed by atoms with Crippen LogP contribution in [0.4, 0.5) is 0 Å². The first-order chi connectivity index (χ1) is 20.0. The fourth-order valence-corrected chi connectivity index (χ4v) is 7.40. The van der Waals surface area contributed by atoms with Gasteiger partial charge in [0.25, 0.3) is 0 Å². The van der Waals surface area contributed by atoms with Crippen molar-refractivity contribution in [3.05, 3.63) is 21.7 Å². The van der Waals surface area contributed by atoms with Crippen molar-refractivity contribution in [2.24, 2.45) is 34.5 Å². The highest BCUT2D eigenvalue weighted by atomic mass is 32.1. The smallest absolute Gasteiger partial charge is 0.164 e. The number of carbonyl (C=O) groups excluding carboxylic acids is 2. The largest absolute Gasteiger partial charge is 0.392 e. The molecule has 0 aliphatic heterocycles. The van der Waals surface area contributed by atoms with Gasteiger partial charge in [0.2, 0.25) is 0 Å². The third-order valence-electron chi connectivity index (χ3n) is 10.3. The number of nitrogens with zero attached hydrogens (tertiary/aromatic N) is 2. The molecule has 9 nitrogen and oxygen atoms in total. The van der Waals surface area contributed by atoms with E-state index < -0.39 is 47.4 Å². The van der Waals surface area contributed by atoms with Crippen molar-refractivity contribution in [2.75, 3.05) is 27.2 Å². The molecule has 9 atom stereocenters. The van der Waals surface area contributed by atoms with E-state index in [1.165, 1.54) is 0 Å². The Morgan fingerprint density at radius 2 is 1.84 bits per heavy atom. The van der Waals surface area contributed by atoms with E-state index in [-0.39, 0.29) is 29.5 Å². The SMILES string of the molecule is C/C(=C\c1csc(CNCCN(C)C)n1)C1CC2C(O)C2(C)CCCC(C)C(O)C(C)C(=O)C(C)(C)C(O)CC(=O)C1O. The zero-order valence-electron chi connectivity index (χ0n) is 27.3. The van der Waals surface area contributed by atoms with Crippen LogP contribution < -0.4 is 5.32 Å². The molecule has 1 aromatic heterocycles. The summed E-state index contributed by atoms with van der Waals surface area (Å²) in [4.78, 5) is 33.7. The second kappa shape index (κ2) is 14.7. The van der Waals surface area contributed by atoms with Crippen molar-refractivity contribution in [1.82, 2.24) is 15.2 Å². The molecule has 2 aliphatic carbocycles. The number of Topliss-reactive ketones (excluding diaryl/α,β-unsaturated/α-hetero) is 2. The van der Waals surface area contributed by atoms with Gasteiger partial charge in [-0.15, -0.1) is 11.3 Å². The van der Waals surface area contributed by atoms with E-state index in [1.54, 1.807) is 32.1 Å². The quantitative estimate of drug-likeness (QED) is 0.290. The topological polar surface area (TPSA) is 143 Å². The molecule has 5 N–H and O–H groups in total. The number of likely N-dealkylation sites (N-methyl/N-ethyl adjacent to an activating group) is 1. The van der Waals surface area contributed by atoms with Crippen LogP contribution in [-0.2, 0) is 16.1 Å². The zero-order chi connectivity index (χ0) is 32.3. The molecule has 0 aromatic carbocycles. The lowest BCUT2D eigenvalue weighted by Gasteiger charge is -2.35. The Kier molecular flexibility index (Phi) is 12.3. The number of nitrogens with one attached hydrogen (secondary N) is 1. The Bertz CT molecular complexity index is 1140. The average Bonchev–Trinajstić information content (AvgIpc) is 3.22.